The topological polar surface area (TPSA) is 144 Å². The van der Waals surface area contributed by atoms with Gasteiger partial charge in [-0.15, -0.1) is 0 Å². The minimum Gasteiger partial charge on any atom is -0.459 e. The molecule has 3 fully saturated rings. The van der Waals surface area contributed by atoms with E-state index in [0.717, 1.165) is 23.2 Å². The first-order valence-electron chi connectivity index (χ1n) is 20.8. The average Bonchev–Trinajstić information content (AvgIpc) is 3.15. The van der Waals surface area contributed by atoms with Crippen LogP contribution in [-0.4, -0.2) is 110 Å². The van der Waals surface area contributed by atoms with Crippen LogP contribution in [0, 0.1) is 11.8 Å². The number of fused-ring (bicyclic) bond motifs is 1. The van der Waals surface area contributed by atoms with E-state index in [4.69, 9.17) is 47.4 Å². The van der Waals surface area contributed by atoms with E-state index in [-0.39, 0.29) is 36.6 Å². The van der Waals surface area contributed by atoms with Gasteiger partial charge in [-0.05, 0) is 17.7 Å². The van der Waals surface area contributed by atoms with Crippen LogP contribution >= 0.6 is 0 Å². The SMILES string of the molecule is CC(=O)OC1C(COCc2ccccc2)OC(OCC[Si](C)(C)C)C(OC(C)=O)C1C.CC(=O)OC1C(OCC[Si](C)(C)C)OC2COC(c3ccccc3)OC2C1C. The van der Waals surface area contributed by atoms with Gasteiger partial charge < -0.3 is 47.4 Å². The van der Waals surface area contributed by atoms with Gasteiger partial charge in [-0.2, -0.15) is 0 Å². The van der Waals surface area contributed by atoms with Gasteiger partial charge in [0.2, 0.25) is 0 Å². The minimum atomic E-state index is -1.31. The minimum absolute atomic E-state index is 0.0744. The smallest absolute Gasteiger partial charge is 0.303 e. The molecule has 15 heteroatoms. The summed E-state index contributed by atoms with van der Waals surface area (Å²) in [5.41, 5.74) is 2.00. The van der Waals surface area contributed by atoms with Crippen LogP contribution in [0.4, 0.5) is 0 Å². The van der Waals surface area contributed by atoms with Crippen molar-refractivity contribution in [1.82, 2.24) is 0 Å². The molecule has 0 N–H and O–H groups in total. The number of rotatable bonds is 16. The van der Waals surface area contributed by atoms with Crippen LogP contribution in [0.1, 0.15) is 52.0 Å². The molecule has 5 rings (SSSR count). The number of esters is 3. The molecule has 0 radical (unpaired) electrons. The molecule has 2 aromatic rings. The Morgan fingerprint density at radius 1 is 0.644 bits per heavy atom. The lowest BCUT2D eigenvalue weighted by Gasteiger charge is -2.48. The maximum Gasteiger partial charge on any atom is 0.303 e. The van der Waals surface area contributed by atoms with Crippen molar-refractivity contribution in [1.29, 1.82) is 0 Å². The van der Waals surface area contributed by atoms with Gasteiger partial charge in [0.15, 0.2) is 31.1 Å². The highest BCUT2D eigenvalue weighted by atomic mass is 28.3. The highest BCUT2D eigenvalue weighted by Crippen LogP contribution is 2.38. The van der Waals surface area contributed by atoms with Crippen molar-refractivity contribution in [2.24, 2.45) is 11.8 Å². The Kier molecular flexibility index (Phi) is 18.8. The lowest BCUT2D eigenvalue weighted by molar-refractivity contribution is -0.351. The van der Waals surface area contributed by atoms with Crippen LogP contribution in [-0.2, 0) is 68.4 Å². The fraction of sp³-hybridized carbons (Fsp3) is 0.659. The fourth-order valence-electron chi connectivity index (χ4n) is 7.01. The number of benzene rings is 2. The normalized spacial score (nSPS) is 29.6. The van der Waals surface area contributed by atoms with Gasteiger partial charge in [0.25, 0.3) is 0 Å². The van der Waals surface area contributed by atoms with E-state index in [9.17, 15) is 14.4 Å². The van der Waals surface area contributed by atoms with Gasteiger partial charge in [0.1, 0.15) is 18.3 Å². The standard InChI is InChI=1S/C23H36O7Si.C21H32O6Si/c1-16-21(28-17(2)24)20(15-26-14-19-10-8-7-9-11-19)30-23(22(16)29-18(3)25)27-12-13-31(4,5)6;1-14-18-17(13-24-20(27-18)16-9-7-6-8-10-16)26-21(19(14)25-15(2)22)23-11-12-28(3,4)5/h7-11,16,20-23H,12-15H2,1-6H3;6-10,14,17-21H,11-13H2,1-5H3. The molecule has 59 heavy (non-hydrogen) atoms. The zero-order chi connectivity index (χ0) is 43.3. The third kappa shape index (κ3) is 16.1. The number of hydrogen-bond donors (Lipinski definition) is 0. The molecule has 3 heterocycles. The first-order valence-corrected chi connectivity index (χ1v) is 28.2. The molecule has 3 saturated heterocycles. The summed E-state index contributed by atoms with van der Waals surface area (Å²) >= 11 is 0. The van der Waals surface area contributed by atoms with Crippen molar-refractivity contribution in [3.8, 4) is 0 Å². The van der Waals surface area contributed by atoms with E-state index in [2.05, 4.69) is 39.3 Å². The van der Waals surface area contributed by atoms with Crippen molar-refractivity contribution in [3.63, 3.8) is 0 Å². The van der Waals surface area contributed by atoms with Gasteiger partial charge in [-0.3, -0.25) is 14.4 Å². The fourth-order valence-corrected chi connectivity index (χ4v) is 8.47. The Balaban J connectivity index is 0.000000262. The Bertz CT molecular complexity index is 1580. The molecule has 3 aliphatic rings. The molecule has 0 aliphatic carbocycles. The third-order valence-corrected chi connectivity index (χ3v) is 13.7. The van der Waals surface area contributed by atoms with E-state index >= 15 is 0 Å². The Morgan fingerprint density at radius 2 is 1.14 bits per heavy atom. The van der Waals surface area contributed by atoms with Gasteiger partial charge in [-0.25, -0.2) is 0 Å². The van der Waals surface area contributed by atoms with Crippen LogP contribution in [0.25, 0.3) is 0 Å². The molecule has 0 bridgehead atoms. The molecule has 0 amide bonds. The van der Waals surface area contributed by atoms with E-state index in [1.54, 1.807) is 0 Å². The lowest BCUT2D eigenvalue weighted by atomic mass is 9.89. The molecular formula is C44H68O13Si2. The molecule has 0 aromatic heterocycles. The number of carbonyl (C=O) groups is 3. The molecular weight excluding hydrogens is 793 g/mol. The summed E-state index contributed by atoms with van der Waals surface area (Å²) in [5, 5.41) is 0. The van der Waals surface area contributed by atoms with Crippen LogP contribution < -0.4 is 0 Å². The van der Waals surface area contributed by atoms with E-state index in [1.807, 2.05) is 74.5 Å². The van der Waals surface area contributed by atoms with E-state index in [1.165, 1.54) is 20.8 Å². The molecule has 0 spiro atoms. The van der Waals surface area contributed by atoms with Gasteiger partial charge in [0, 0.05) is 67.5 Å². The number of hydrogen-bond acceptors (Lipinski definition) is 13. The van der Waals surface area contributed by atoms with Crippen molar-refractivity contribution in [2.75, 3.05) is 26.4 Å². The summed E-state index contributed by atoms with van der Waals surface area (Å²) in [6.07, 6.45) is -4.61. The van der Waals surface area contributed by atoms with Crippen LogP contribution in [0.5, 0.6) is 0 Å². The van der Waals surface area contributed by atoms with Gasteiger partial charge >= 0.3 is 17.9 Å². The molecule has 0 saturated carbocycles. The molecule has 2 aromatic carbocycles. The Morgan fingerprint density at radius 3 is 1.66 bits per heavy atom. The van der Waals surface area contributed by atoms with E-state index < -0.39 is 71.4 Å². The van der Waals surface area contributed by atoms with Crippen LogP contribution in [0.2, 0.25) is 51.4 Å². The highest BCUT2D eigenvalue weighted by molar-refractivity contribution is 6.76. The zero-order valence-electron chi connectivity index (χ0n) is 36.9. The Labute approximate surface area is 353 Å². The van der Waals surface area contributed by atoms with Crippen LogP contribution in [0.3, 0.4) is 0 Å². The molecule has 11 unspecified atom stereocenters. The largest absolute Gasteiger partial charge is 0.459 e. The van der Waals surface area contributed by atoms with Crippen molar-refractivity contribution in [2.45, 2.75) is 148 Å². The monoisotopic (exact) mass is 860 g/mol. The van der Waals surface area contributed by atoms with Crippen molar-refractivity contribution in [3.05, 3.63) is 71.8 Å². The average molecular weight is 861 g/mol. The maximum atomic E-state index is 11.7. The maximum absolute atomic E-state index is 11.7. The summed E-state index contributed by atoms with van der Waals surface area (Å²) in [6.45, 7) is 23.9. The second-order valence-corrected chi connectivity index (χ2v) is 29.3. The molecule has 3 aliphatic heterocycles. The first-order chi connectivity index (χ1) is 27.8. The van der Waals surface area contributed by atoms with Crippen molar-refractivity contribution < 1.29 is 61.8 Å². The van der Waals surface area contributed by atoms with Gasteiger partial charge in [-0.1, -0.05) is 114 Å². The number of carbonyl (C=O) groups excluding carboxylic acids is 3. The van der Waals surface area contributed by atoms with Crippen molar-refractivity contribution >= 4 is 34.1 Å². The van der Waals surface area contributed by atoms with Gasteiger partial charge in [0.05, 0.1) is 25.9 Å². The first kappa shape index (κ1) is 48.7. The highest BCUT2D eigenvalue weighted by Gasteiger charge is 2.50. The summed E-state index contributed by atoms with van der Waals surface area (Å²) in [6, 6.07) is 21.6. The molecule has 330 valence electrons. The number of ether oxygens (including phenoxy) is 10. The second-order valence-electron chi connectivity index (χ2n) is 18.1. The molecule has 13 nitrogen and oxygen atoms in total. The Hall–Kier alpha value is -3.00. The summed E-state index contributed by atoms with van der Waals surface area (Å²) < 4.78 is 59.0. The summed E-state index contributed by atoms with van der Waals surface area (Å²) in [7, 11) is -2.54. The van der Waals surface area contributed by atoms with E-state index in [0.29, 0.717) is 26.4 Å². The summed E-state index contributed by atoms with van der Waals surface area (Å²) in [5.74, 6) is -1.59. The predicted molar refractivity (Wildman–Crippen MR) is 227 cm³/mol. The predicted octanol–water partition coefficient (Wildman–Crippen LogP) is 7.53. The second kappa shape index (κ2) is 22.7. The third-order valence-electron chi connectivity index (χ3n) is 10.3. The molecule has 11 atom stereocenters. The van der Waals surface area contributed by atoms with Crippen LogP contribution in [0.15, 0.2) is 60.7 Å². The summed E-state index contributed by atoms with van der Waals surface area (Å²) in [4.78, 5) is 35.1. The zero-order valence-corrected chi connectivity index (χ0v) is 38.9. The lowest BCUT2D eigenvalue weighted by Crippen LogP contribution is -2.59. The quantitative estimate of drug-likeness (QED) is 0.0933.